The Morgan fingerprint density at radius 2 is 1.68 bits per heavy atom. The summed E-state index contributed by atoms with van der Waals surface area (Å²) in [4.78, 5) is 25.5. The van der Waals surface area contributed by atoms with Gasteiger partial charge in [-0.2, -0.15) is 0 Å². The molecule has 2 amide bonds. The van der Waals surface area contributed by atoms with Crippen molar-refractivity contribution in [2.75, 3.05) is 11.9 Å². The number of aryl methyl sites for hydroxylation is 1. The second kappa shape index (κ2) is 8.81. The number of carbonyl (C=O) groups is 2. The molecule has 0 saturated heterocycles. The zero-order valence-corrected chi connectivity index (χ0v) is 15.7. The molecule has 1 aromatic rings. The number of hydrogen-bond acceptors (Lipinski definition) is 4. The predicted octanol–water partition coefficient (Wildman–Crippen LogP) is 3.37. The molecule has 25 heavy (non-hydrogen) atoms. The highest BCUT2D eigenvalue weighted by Gasteiger charge is 2.25. The molecule has 3 rings (SSSR count). The Bertz CT molecular complexity index is 618. The molecule has 0 aromatic carbocycles. The molecule has 0 atom stereocenters. The highest BCUT2D eigenvalue weighted by Crippen LogP contribution is 2.37. The molecule has 1 aromatic heterocycles. The Hall–Kier alpha value is -1.40. The standard InChI is InChI=1S/C19H29N3O2S/c20-18(24)17-14-10-6-7-11-15(14)25-19(17)22-16(23)12-21-13-8-4-2-1-3-5-9-13/h13,21H,1-12H2,(H2,20,24)(H,22,23). The van der Waals surface area contributed by atoms with Gasteiger partial charge in [-0.1, -0.05) is 32.1 Å². The van der Waals surface area contributed by atoms with E-state index in [2.05, 4.69) is 10.6 Å². The Labute approximate surface area is 153 Å². The fraction of sp³-hybridized carbons (Fsp3) is 0.684. The van der Waals surface area contributed by atoms with Gasteiger partial charge in [-0.05, 0) is 44.1 Å². The van der Waals surface area contributed by atoms with Gasteiger partial charge < -0.3 is 16.4 Å². The van der Waals surface area contributed by atoms with Crippen molar-refractivity contribution in [1.29, 1.82) is 0 Å². The number of thiophene rings is 1. The first-order valence-electron chi connectivity index (χ1n) is 9.62. The van der Waals surface area contributed by atoms with Crippen LogP contribution in [0, 0.1) is 0 Å². The molecule has 1 heterocycles. The van der Waals surface area contributed by atoms with E-state index in [0.29, 0.717) is 23.2 Å². The van der Waals surface area contributed by atoms with Crippen LogP contribution in [0.25, 0.3) is 0 Å². The molecule has 5 nitrogen and oxygen atoms in total. The predicted molar refractivity (Wildman–Crippen MR) is 102 cm³/mol. The van der Waals surface area contributed by atoms with Crippen molar-refractivity contribution in [3.05, 3.63) is 16.0 Å². The normalized spacial score (nSPS) is 18.9. The zero-order valence-electron chi connectivity index (χ0n) is 14.9. The van der Waals surface area contributed by atoms with Crippen molar-refractivity contribution in [3.63, 3.8) is 0 Å². The first kappa shape index (κ1) is 18.4. The summed E-state index contributed by atoms with van der Waals surface area (Å²) in [5.41, 5.74) is 7.19. The van der Waals surface area contributed by atoms with E-state index in [9.17, 15) is 9.59 Å². The third-order valence-electron chi connectivity index (χ3n) is 5.33. The van der Waals surface area contributed by atoms with Gasteiger partial charge in [-0.15, -0.1) is 11.3 Å². The molecule has 0 bridgehead atoms. The van der Waals surface area contributed by atoms with E-state index in [0.717, 1.165) is 44.1 Å². The smallest absolute Gasteiger partial charge is 0.251 e. The number of fused-ring (bicyclic) bond motifs is 1. The van der Waals surface area contributed by atoms with Crippen LogP contribution in [0.2, 0.25) is 0 Å². The lowest BCUT2D eigenvalue weighted by Gasteiger charge is -2.20. The average molecular weight is 364 g/mol. The molecule has 2 aliphatic carbocycles. The van der Waals surface area contributed by atoms with Gasteiger partial charge >= 0.3 is 0 Å². The Morgan fingerprint density at radius 1 is 1.00 bits per heavy atom. The van der Waals surface area contributed by atoms with Gasteiger partial charge in [-0.25, -0.2) is 0 Å². The lowest BCUT2D eigenvalue weighted by atomic mass is 9.95. The van der Waals surface area contributed by atoms with Gasteiger partial charge in [0.1, 0.15) is 5.00 Å². The molecular weight excluding hydrogens is 334 g/mol. The van der Waals surface area contributed by atoms with Gasteiger partial charge in [0.05, 0.1) is 12.1 Å². The first-order chi connectivity index (χ1) is 12.1. The van der Waals surface area contributed by atoms with E-state index in [1.165, 1.54) is 48.3 Å². The van der Waals surface area contributed by atoms with Crippen LogP contribution >= 0.6 is 11.3 Å². The number of primary amides is 1. The van der Waals surface area contributed by atoms with Crippen LogP contribution in [-0.2, 0) is 17.6 Å². The third-order valence-corrected chi connectivity index (χ3v) is 6.53. The fourth-order valence-corrected chi connectivity index (χ4v) is 5.29. The molecule has 4 N–H and O–H groups in total. The summed E-state index contributed by atoms with van der Waals surface area (Å²) in [6, 6.07) is 0.429. The molecule has 0 spiro atoms. The second-order valence-electron chi connectivity index (χ2n) is 7.25. The molecule has 0 radical (unpaired) electrons. The summed E-state index contributed by atoms with van der Waals surface area (Å²) in [5.74, 6) is -0.508. The molecular formula is C19H29N3O2S. The quantitative estimate of drug-likeness (QED) is 0.750. The van der Waals surface area contributed by atoms with Gasteiger partial charge in [0.2, 0.25) is 5.91 Å². The van der Waals surface area contributed by atoms with E-state index in [1.807, 2.05) is 0 Å². The van der Waals surface area contributed by atoms with Crippen molar-refractivity contribution in [1.82, 2.24) is 5.32 Å². The van der Waals surface area contributed by atoms with Crippen molar-refractivity contribution in [2.45, 2.75) is 76.7 Å². The molecule has 6 heteroatoms. The molecule has 2 aliphatic rings. The minimum atomic E-state index is -0.428. The number of nitrogens with one attached hydrogen (secondary N) is 2. The minimum Gasteiger partial charge on any atom is -0.365 e. The van der Waals surface area contributed by atoms with Gasteiger partial charge in [0, 0.05) is 10.9 Å². The maximum Gasteiger partial charge on any atom is 0.251 e. The lowest BCUT2D eigenvalue weighted by Crippen LogP contribution is -2.36. The molecule has 0 aliphatic heterocycles. The average Bonchev–Trinajstić information content (AvgIpc) is 2.91. The molecule has 0 unspecified atom stereocenters. The van der Waals surface area contributed by atoms with Gasteiger partial charge in [0.25, 0.3) is 5.91 Å². The number of amides is 2. The number of anilines is 1. The van der Waals surface area contributed by atoms with Gasteiger partial charge in [-0.3, -0.25) is 9.59 Å². The Morgan fingerprint density at radius 3 is 2.40 bits per heavy atom. The number of carbonyl (C=O) groups excluding carboxylic acids is 2. The SMILES string of the molecule is NC(=O)c1c(NC(=O)CNC2CCCCCCC2)sc2c1CCCC2. The number of nitrogens with two attached hydrogens (primary N) is 1. The van der Waals surface area contributed by atoms with Gasteiger partial charge in [0.15, 0.2) is 0 Å². The minimum absolute atomic E-state index is 0.0804. The largest absolute Gasteiger partial charge is 0.365 e. The summed E-state index contributed by atoms with van der Waals surface area (Å²) in [6.45, 7) is 0.297. The van der Waals surface area contributed by atoms with E-state index in [4.69, 9.17) is 5.73 Å². The topological polar surface area (TPSA) is 84.2 Å². The summed E-state index contributed by atoms with van der Waals surface area (Å²) in [7, 11) is 0. The highest BCUT2D eigenvalue weighted by atomic mass is 32.1. The monoisotopic (exact) mass is 363 g/mol. The van der Waals surface area contributed by atoms with Crippen molar-refractivity contribution < 1.29 is 9.59 Å². The fourth-order valence-electron chi connectivity index (χ4n) is 3.98. The van der Waals surface area contributed by atoms with Crippen LogP contribution in [0.4, 0.5) is 5.00 Å². The van der Waals surface area contributed by atoms with Crippen LogP contribution in [0.1, 0.15) is 78.6 Å². The maximum absolute atomic E-state index is 12.4. The third kappa shape index (κ3) is 4.82. The highest BCUT2D eigenvalue weighted by molar-refractivity contribution is 7.17. The lowest BCUT2D eigenvalue weighted by molar-refractivity contribution is -0.115. The van der Waals surface area contributed by atoms with Crippen LogP contribution in [0.3, 0.4) is 0 Å². The zero-order chi connectivity index (χ0) is 17.6. The Balaban J connectivity index is 1.59. The summed E-state index contributed by atoms with van der Waals surface area (Å²) in [6.07, 6.45) is 12.8. The molecule has 138 valence electrons. The number of hydrogen-bond donors (Lipinski definition) is 3. The van der Waals surface area contributed by atoms with Crippen molar-refractivity contribution in [2.24, 2.45) is 5.73 Å². The first-order valence-corrected chi connectivity index (χ1v) is 10.4. The van der Waals surface area contributed by atoms with Crippen LogP contribution < -0.4 is 16.4 Å². The van der Waals surface area contributed by atoms with E-state index in [-0.39, 0.29) is 5.91 Å². The number of rotatable bonds is 5. The maximum atomic E-state index is 12.4. The summed E-state index contributed by atoms with van der Waals surface area (Å²) >= 11 is 1.53. The summed E-state index contributed by atoms with van der Waals surface area (Å²) in [5, 5.41) is 6.97. The van der Waals surface area contributed by atoms with Crippen molar-refractivity contribution in [3.8, 4) is 0 Å². The van der Waals surface area contributed by atoms with E-state index < -0.39 is 5.91 Å². The Kier molecular flexibility index (Phi) is 6.48. The van der Waals surface area contributed by atoms with Crippen LogP contribution in [0.15, 0.2) is 0 Å². The van der Waals surface area contributed by atoms with Crippen LogP contribution in [-0.4, -0.2) is 24.4 Å². The molecule has 1 fully saturated rings. The van der Waals surface area contributed by atoms with E-state index >= 15 is 0 Å². The van der Waals surface area contributed by atoms with E-state index in [1.54, 1.807) is 0 Å². The summed E-state index contributed by atoms with van der Waals surface area (Å²) < 4.78 is 0. The van der Waals surface area contributed by atoms with Crippen LogP contribution in [0.5, 0.6) is 0 Å². The second-order valence-corrected chi connectivity index (χ2v) is 8.36. The van der Waals surface area contributed by atoms with Crippen molar-refractivity contribution >= 4 is 28.2 Å². The molecule has 1 saturated carbocycles.